The first-order chi connectivity index (χ1) is 9.02. The summed E-state index contributed by atoms with van der Waals surface area (Å²) >= 11 is 0. The van der Waals surface area contributed by atoms with Crippen molar-refractivity contribution in [1.29, 1.82) is 0 Å². The van der Waals surface area contributed by atoms with Crippen LogP contribution < -0.4 is 4.90 Å². The number of carbonyl (C=O) groups is 1. The molecule has 1 saturated heterocycles. The molecule has 1 aromatic rings. The molecule has 0 N–H and O–H groups in total. The van der Waals surface area contributed by atoms with Crippen molar-refractivity contribution in [2.24, 2.45) is 0 Å². The van der Waals surface area contributed by atoms with Crippen molar-refractivity contribution in [1.82, 2.24) is 4.98 Å². The van der Waals surface area contributed by atoms with E-state index in [1.807, 2.05) is 6.07 Å². The Balaban J connectivity index is 2.08. The highest BCUT2D eigenvalue weighted by Gasteiger charge is 2.27. The first kappa shape index (κ1) is 13.8. The van der Waals surface area contributed by atoms with Gasteiger partial charge in [0.2, 0.25) is 0 Å². The van der Waals surface area contributed by atoms with E-state index < -0.39 is 0 Å². The van der Waals surface area contributed by atoms with Crippen LogP contribution >= 0.6 is 0 Å². The predicted octanol–water partition coefficient (Wildman–Crippen LogP) is 1.87. The van der Waals surface area contributed by atoms with Crippen molar-refractivity contribution in [3.8, 4) is 0 Å². The molecule has 1 fully saturated rings. The number of ether oxygens (including phenoxy) is 2. The van der Waals surface area contributed by atoms with Crippen LogP contribution in [-0.4, -0.2) is 42.9 Å². The summed E-state index contributed by atoms with van der Waals surface area (Å²) in [4.78, 5) is 18.0. The van der Waals surface area contributed by atoms with Crippen LogP contribution in [0.25, 0.3) is 0 Å². The molecule has 2 rings (SSSR count). The van der Waals surface area contributed by atoms with Gasteiger partial charge in [-0.15, -0.1) is 0 Å². The Hall–Kier alpha value is -1.62. The molecule has 0 bridgehead atoms. The summed E-state index contributed by atoms with van der Waals surface area (Å²) in [5.41, 5.74) is 0.317. The molecule has 1 aliphatic rings. The first-order valence-corrected chi connectivity index (χ1v) is 6.54. The van der Waals surface area contributed by atoms with Crippen molar-refractivity contribution in [2.45, 2.75) is 26.4 Å². The average molecular weight is 264 g/mol. The van der Waals surface area contributed by atoms with Crippen LogP contribution in [0.1, 0.15) is 31.1 Å². The smallest absolute Gasteiger partial charge is 0.339 e. The second-order valence-electron chi connectivity index (χ2n) is 5.16. The molecule has 0 aromatic carbocycles. The minimum atomic E-state index is -0.330. The molecule has 0 amide bonds. The lowest BCUT2D eigenvalue weighted by Gasteiger charge is -2.38. The van der Waals surface area contributed by atoms with Crippen molar-refractivity contribution < 1.29 is 14.3 Å². The molecule has 0 saturated carbocycles. The van der Waals surface area contributed by atoms with Gasteiger partial charge in [-0.3, -0.25) is 0 Å². The van der Waals surface area contributed by atoms with Crippen molar-refractivity contribution in [3.63, 3.8) is 0 Å². The minimum Gasteiger partial charge on any atom is -0.462 e. The Morgan fingerprint density at radius 3 is 2.89 bits per heavy atom. The van der Waals surface area contributed by atoms with Gasteiger partial charge in [-0.1, -0.05) is 0 Å². The molecule has 19 heavy (non-hydrogen) atoms. The van der Waals surface area contributed by atoms with Gasteiger partial charge in [0, 0.05) is 19.3 Å². The van der Waals surface area contributed by atoms with E-state index >= 15 is 0 Å². The lowest BCUT2D eigenvalue weighted by atomic mass is 10.1. The quantitative estimate of drug-likeness (QED) is 0.780. The summed E-state index contributed by atoms with van der Waals surface area (Å²) in [7, 11) is 0. The third kappa shape index (κ3) is 3.44. The van der Waals surface area contributed by atoms with Crippen molar-refractivity contribution >= 4 is 11.8 Å². The molecule has 0 radical (unpaired) electrons. The van der Waals surface area contributed by atoms with E-state index in [1.165, 1.54) is 0 Å². The number of morpholine rings is 1. The second kappa shape index (κ2) is 5.57. The number of pyridine rings is 1. The molecular weight excluding hydrogens is 244 g/mol. The van der Waals surface area contributed by atoms with E-state index in [0.29, 0.717) is 18.8 Å². The molecule has 0 unspecified atom stereocenters. The molecule has 5 nitrogen and oxygen atoms in total. The van der Waals surface area contributed by atoms with Gasteiger partial charge in [0.15, 0.2) is 0 Å². The first-order valence-electron chi connectivity index (χ1n) is 6.54. The summed E-state index contributed by atoms with van der Waals surface area (Å²) < 4.78 is 10.6. The highest BCUT2D eigenvalue weighted by molar-refractivity contribution is 5.89. The largest absolute Gasteiger partial charge is 0.462 e. The Morgan fingerprint density at radius 1 is 1.53 bits per heavy atom. The van der Waals surface area contributed by atoms with Gasteiger partial charge in [0.1, 0.15) is 5.82 Å². The van der Waals surface area contributed by atoms with E-state index in [1.54, 1.807) is 19.2 Å². The van der Waals surface area contributed by atoms with Gasteiger partial charge >= 0.3 is 5.97 Å². The number of hydrogen-bond donors (Lipinski definition) is 0. The number of carbonyl (C=O) groups excluding carboxylic acids is 1. The van der Waals surface area contributed by atoms with Crippen molar-refractivity contribution in [3.05, 3.63) is 23.9 Å². The fourth-order valence-electron chi connectivity index (χ4n) is 2.12. The maximum absolute atomic E-state index is 11.5. The fourth-order valence-corrected chi connectivity index (χ4v) is 2.12. The summed E-state index contributed by atoms with van der Waals surface area (Å²) in [5.74, 6) is 0.535. The summed E-state index contributed by atoms with van der Waals surface area (Å²) in [6, 6.07) is 3.61. The molecule has 2 heterocycles. The monoisotopic (exact) mass is 264 g/mol. The predicted molar refractivity (Wildman–Crippen MR) is 72.4 cm³/mol. The van der Waals surface area contributed by atoms with Gasteiger partial charge in [0.05, 0.1) is 24.4 Å². The molecule has 1 aliphatic heterocycles. The Bertz CT molecular complexity index is 443. The second-order valence-corrected chi connectivity index (χ2v) is 5.16. The molecule has 0 aliphatic carbocycles. The number of esters is 1. The zero-order valence-electron chi connectivity index (χ0n) is 11.7. The summed E-state index contributed by atoms with van der Waals surface area (Å²) in [5, 5.41) is 0. The number of aromatic nitrogens is 1. The lowest BCUT2D eigenvalue weighted by molar-refractivity contribution is -0.0279. The molecule has 5 heteroatoms. The summed E-state index contributed by atoms with van der Waals surface area (Å²) in [6.45, 7) is 8.58. The Kier molecular flexibility index (Phi) is 4.04. The Morgan fingerprint density at radius 2 is 2.32 bits per heavy atom. The van der Waals surface area contributed by atoms with Gasteiger partial charge in [-0.05, 0) is 32.9 Å². The molecule has 104 valence electrons. The van der Waals surface area contributed by atoms with Crippen LogP contribution in [0.2, 0.25) is 0 Å². The minimum absolute atomic E-state index is 0.167. The Labute approximate surface area is 113 Å². The molecule has 0 atom stereocenters. The maximum Gasteiger partial charge on any atom is 0.339 e. The van der Waals surface area contributed by atoms with Crippen LogP contribution in [-0.2, 0) is 9.47 Å². The summed E-state index contributed by atoms with van der Waals surface area (Å²) in [6.07, 6.45) is 1.57. The highest BCUT2D eigenvalue weighted by Crippen LogP contribution is 2.21. The van der Waals surface area contributed by atoms with Crippen LogP contribution in [0.5, 0.6) is 0 Å². The van der Waals surface area contributed by atoms with E-state index in [4.69, 9.17) is 9.47 Å². The standard InChI is InChI=1S/C14H20N2O3/c1-4-18-13(17)11-5-6-12(15-9-11)16-7-8-19-14(2,3)10-16/h5-6,9H,4,7-8,10H2,1-3H3. The fraction of sp³-hybridized carbons (Fsp3) is 0.571. The number of hydrogen-bond acceptors (Lipinski definition) is 5. The van der Waals surface area contributed by atoms with Gasteiger partial charge in [-0.25, -0.2) is 9.78 Å². The maximum atomic E-state index is 11.5. The van der Waals surface area contributed by atoms with Gasteiger partial charge in [-0.2, -0.15) is 0 Å². The zero-order chi connectivity index (χ0) is 13.9. The third-order valence-corrected chi connectivity index (χ3v) is 3.01. The molecule has 1 aromatic heterocycles. The number of nitrogens with zero attached hydrogens (tertiary/aromatic N) is 2. The van der Waals surface area contributed by atoms with Crippen LogP contribution in [0.4, 0.5) is 5.82 Å². The van der Waals surface area contributed by atoms with E-state index in [-0.39, 0.29) is 11.6 Å². The van der Waals surface area contributed by atoms with Gasteiger partial charge in [0.25, 0.3) is 0 Å². The topological polar surface area (TPSA) is 51.7 Å². The molecule has 0 spiro atoms. The van der Waals surface area contributed by atoms with E-state index in [0.717, 1.165) is 18.9 Å². The van der Waals surface area contributed by atoms with E-state index in [2.05, 4.69) is 23.7 Å². The van der Waals surface area contributed by atoms with Crippen molar-refractivity contribution in [2.75, 3.05) is 31.2 Å². The normalized spacial score (nSPS) is 18.2. The molecular formula is C14H20N2O3. The SMILES string of the molecule is CCOC(=O)c1ccc(N2CCOC(C)(C)C2)nc1. The zero-order valence-corrected chi connectivity index (χ0v) is 11.7. The highest BCUT2D eigenvalue weighted by atomic mass is 16.5. The van der Waals surface area contributed by atoms with Crippen LogP contribution in [0.15, 0.2) is 18.3 Å². The average Bonchev–Trinajstić information content (AvgIpc) is 2.38. The van der Waals surface area contributed by atoms with Crippen LogP contribution in [0, 0.1) is 0 Å². The van der Waals surface area contributed by atoms with E-state index in [9.17, 15) is 4.79 Å². The third-order valence-electron chi connectivity index (χ3n) is 3.01. The number of anilines is 1. The van der Waals surface area contributed by atoms with Crippen LogP contribution in [0.3, 0.4) is 0 Å². The number of rotatable bonds is 3. The van der Waals surface area contributed by atoms with Gasteiger partial charge < -0.3 is 14.4 Å². The lowest BCUT2D eigenvalue weighted by Crippen LogP contribution is -2.48.